The van der Waals surface area contributed by atoms with Crippen LogP contribution >= 0.6 is 0 Å². The van der Waals surface area contributed by atoms with Crippen molar-refractivity contribution in [3.05, 3.63) is 41.6 Å². The molecule has 1 saturated carbocycles. The van der Waals surface area contributed by atoms with Crippen LogP contribution in [-0.4, -0.2) is 35.1 Å². The van der Waals surface area contributed by atoms with Crippen molar-refractivity contribution in [2.75, 3.05) is 18.9 Å². The zero-order valence-electron chi connectivity index (χ0n) is 15.4. The summed E-state index contributed by atoms with van der Waals surface area (Å²) >= 11 is 0. The van der Waals surface area contributed by atoms with E-state index in [-0.39, 0.29) is 18.5 Å². The zero-order valence-corrected chi connectivity index (χ0v) is 15.4. The van der Waals surface area contributed by atoms with Crippen molar-refractivity contribution in [3.63, 3.8) is 0 Å². The summed E-state index contributed by atoms with van der Waals surface area (Å²) in [6, 6.07) is 8.69. The van der Waals surface area contributed by atoms with Crippen molar-refractivity contribution in [1.82, 2.24) is 9.78 Å². The lowest BCUT2D eigenvalue weighted by Gasteiger charge is -2.28. The van der Waals surface area contributed by atoms with Gasteiger partial charge in [0.15, 0.2) is 0 Å². The minimum absolute atomic E-state index is 0.238. The molecule has 1 heterocycles. The van der Waals surface area contributed by atoms with Gasteiger partial charge in [0.1, 0.15) is 24.1 Å². The van der Waals surface area contributed by atoms with E-state index < -0.39 is 5.97 Å². The number of hydrogen-bond acceptors (Lipinski definition) is 6. The number of anilines is 1. The van der Waals surface area contributed by atoms with Crippen LogP contribution in [0.4, 0.5) is 5.82 Å². The van der Waals surface area contributed by atoms with Crippen LogP contribution in [0.2, 0.25) is 0 Å². The summed E-state index contributed by atoms with van der Waals surface area (Å²) in [7, 11) is 0. The van der Waals surface area contributed by atoms with Crippen LogP contribution in [0.25, 0.3) is 5.69 Å². The molecule has 2 atom stereocenters. The van der Waals surface area contributed by atoms with E-state index in [1.807, 2.05) is 6.07 Å². The second-order valence-electron chi connectivity index (χ2n) is 6.82. The first-order valence-corrected chi connectivity index (χ1v) is 9.23. The molecule has 1 aromatic heterocycles. The Labute approximate surface area is 158 Å². The summed E-state index contributed by atoms with van der Waals surface area (Å²) in [5, 5.41) is 13.0. The second-order valence-corrected chi connectivity index (χ2v) is 6.82. The molecule has 1 aliphatic carbocycles. The predicted molar refractivity (Wildman–Crippen MR) is 100 cm³/mol. The van der Waals surface area contributed by atoms with Crippen molar-refractivity contribution < 1.29 is 14.3 Å². The largest absolute Gasteiger partial charge is 0.460 e. The number of rotatable bonds is 6. The van der Waals surface area contributed by atoms with E-state index in [0.717, 1.165) is 6.42 Å². The Hall–Kier alpha value is -2.85. The molecule has 0 bridgehead atoms. The Morgan fingerprint density at radius 2 is 2.04 bits per heavy atom. The van der Waals surface area contributed by atoms with Crippen molar-refractivity contribution in [3.8, 4) is 11.8 Å². The third kappa shape index (κ3) is 4.47. The maximum Gasteiger partial charge on any atom is 0.338 e. The monoisotopic (exact) mass is 368 g/mol. The number of aromatic nitrogens is 2. The van der Waals surface area contributed by atoms with Crippen LogP contribution in [0.15, 0.2) is 30.5 Å². The van der Waals surface area contributed by atoms with Gasteiger partial charge in [0.05, 0.1) is 30.2 Å². The highest BCUT2D eigenvalue weighted by atomic mass is 16.6. The van der Waals surface area contributed by atoms with Crippen LogP contribution in [0.3, 0.4) is 0 Å². The van der Waals surface area contributed by atoms with Gasteiger partial charge in [-0.3, -0.25) is 0 Å². The van der Waals surface area contributed by atoms with Gasteiger partial charge in [0.2, 0.25) is 0 Å². The Morgan fingerprint density at radius 1 is 1.30 bits per heavy atom. The number of nitrogen functional groups attached to an aromatic ring is 1. The number of esters is 1. The molecule has 0 aliphatic heterocycles. The van der Waals surface area contributed by atoms with Gasteiger partial charge in [-0.25, -0.2) is 9.48 Å². The summed E-state index contributed by atoms with van der Waals surface area (Å²) in [6.07, 6.45) is 6.44. The lowest BCUT2D eigenvalue weighted by molar-refractivity contribution is -0.0271. The number of carbonyl (C=O) groups excluding carboxylic acids is 1. The first kappa shape index (κ1) is 18.9. The van der Waals surface area contributed by atoms with E-state index in [4.69, 9.17) is 20.5 Å². The fraction of sp³-hybridized carbons (Fsp3) is 0.450. The van der Waals surface area contributed by atoms with Crippen LogP contribution in [0, 0.1) is 17.2 Å². The smallest absolute Gasteiger partial charge is 0.338 e. The fourth-order valence-corrected chi connectivity index (χ4v) is 3.34. The molecule has 0 spiro atoms. The number of hydrogen-bond donors (Lipinski definition) is 1. The number of nitrogens with zero attached hydrogens (tertiary/aromatic N) is 3. The van der Waals surface area contributed by atoms with Crippen LogP contribution in [-0.2, 0) is 9.47 Å². The Kier molecular flexibility index (Phi) is 6.09. The summed E-state index contributed by atoms with van der Waals surface area (Å²) < 4.78 is 12.6. The molecular formula is C20H24N4O3. The van der Waals surface area contributed by atoms with E-state index in [0.29, 0.717) is 29.3 Å². The lowest BCUT2D eigenvalue weighted by Crippen LogP contribution is -2.27. The van der Waals surface area contributed by atoms with E-state index >= 15 is 0 Å². The van der Waals surface area contributed by atoms with Crippen molar-refractivity contribution in [2.45, 2.75) is 38.7 Å². The van der Waals surface area contributed by atoms with E-state index in [2.05, 4.69) is 12.0 Å². The minimum Gasteiger partial charge on any atom is -0.460 e. The molecule has 0 amide bonds. The molecule has 1 fully saturated rings. The van der Waals surface area contributed by atoms with Crippen LogP contribution in [0.1, 0.15) is 48.5 Å². The molecule has 1 aromatic carbocycles. The van der Waals surface area contributed by atoms with E-state index in [9.17, 15) is 4.79 Å². The van der Waals surface area contributed by atoms with Crippen molar-refractivity contribution >= 4 is 11.8 Å². The van der Waals surface area contributed by atoms with Gasteiger partial charge in [-0.1, -0.05) is 19.8 Å². The molecule has 142 valence electrons. The first-order chi connectivity index (χ1) is 13.1. The number of nitriles is 1. The maximum absolute atomic E-state index is 12.2. The van der Waals surface area contributed by atoms with E-state index in [1.54, 1.807) is 24.3 Å². The number of carbonyl (C=O) groups is 1. The van der Waals surface area contributed by atoms with Gasteiger partial charge in [0.25, 0.3) is 0 Å². The second kappa shape index (κ2) is 8.69. The topological polar surface area (TPSA) is 103 Å². The van der Waals surface area contributed by atoms with Crippen LogP contribution < -0.4 is 5.73 Å². The highest BCUT2D eigenvalue weighted by Gasteiger charge is 2.21. The molecule has 7 heteroatoms. The maximum atomic E-state index is 12.2. The van der Waals surface area contributed by atoms with Crippen molar-refractivity contribution in [1.29, 1.82) is 5.26 Å². The molecule has 3 rings (SSSR count). The summed E-state index contributed by atoms with van der Waals surface area (Å²) in [5.74, 6) is 0.438. The highest BCUT2D eigenvalue weighted by molar-refractivity contribution is 5.89. The molecule has 0 radical (unpaired) electrons. The molecular weight excluding hydrogens is 344 g/mol. The normalized spacial score (nSPS) is 19.4. The van der Waals surface area contributed by atoms with Gasteiger partial charge in [-0.15, -0.1) is 0 Å². The van der Waals surface area contributed by atoms with Gasteiger partial charge in [-0.05, 0) is 43.0 Å². The minimum atomic E-state index is -0.395. The molecule has 2 aromatic rings. The summed E-state index contributed by atoms with van der Waals surface area (Å²) in [6.45, 7) is 2.87. The average molecular weight is 368 g/mol. The molecule has 0 unspecified atom stereocenters. The Bertz CT molecular complexity index is 823. The highest BCUT2D eigenvalue weighted by Crippen LogP contribution is 2.26. The van der Waals surface area contributed by atoms with Gasteiger partial charge in [0, 0.05) is 0 Å². The zero-order chi connectivity index (χ0) is 19.2. The first-order valence-electron chi connectivity index (χ1n) is 9.23. The quantitative estimate of drug-likeness (QED) is 0.621. The number of nitrogens with two attached hydrogens (primary N) is 1. The molecule has 0 saturated heterocycles. The summed E-state index contributed by atoms with van der Waals surface area (Å²) in [5.41, 5.74) is 7.29. The lowest BCUT2D eigenvalue weighted by atomic mass is 9.88. The third-order valence-electron chi connectivity index (χ3n) is 4.96. The summed E-state index contributed by atoms with van der Waals surface area (Å²) in [4.78, 5) is 12.2. The average Bonchev–Trinajstić information content (AvgIpc) is 3.07. The molecule has 2 N–H and O–H groups in total. The molecule has 7 nitrogen and oxygen atoms in total. The molecule has 1 aliphatic rings. The fourth-order valence-electron chi connectivity index (χ4n) is 3.34. The number of benzene rings is 1. The van der Waals surface area contributed by atoms with Crippen LogP contribution in [0.5, 0.6) is 0 Å². The number of ether oxygens (including phenoxy) is 2. The SMILES string of the molecule is C[C@H]1CCCC[C@@H]1OCCOC(=O)c1ccc(-n2ncc(C#N)c2N)cc1. The van der Waals surface area contributed by atoms with Gasteiger partial charge >= 0.3 is 5.97 Å². The van der Waals surface area contributed by atoms with Gasteiger partial charge in [-0.2, -0.15) is 10.4 Å². The standard InChI is InChI=1S/C20H24N4O3/c1-14-4-2-3-5-18(14)26-10-11-27-20(25)15-6-8-17(9-7-15)24-19(22)16(12-21)13-23-24/h6-9,13-14,18H,2-5,10-11,22H2,1H3/t14-,18-/m0/s1. The van der Waals surface area contributed by atoms with E-state index in [1.165, 1.54) is 30.1 Å². The van der Waals surface area contributed by atoms with Gasteiger partial charge < -0.3 is 15.2 Å². The van der Waals surface area contributed by atoms with Crippen molar-refractivity contribution in [2.24, 2.45) is 5.92 Å². The third-order valence-corrected chi connectivity index (χ3v) is 4.96. The predicted octanol–water partition coefficient (Wildman–Crippen LogP) is 3.08. The Morgan fingerprint density at radius 3 is 2.70 bits per heavy atom. The Balaban J connectivity index is 1.50. The molecule has 27 heavy (non-hydrogen) atoms.